The van der Waals surface area contributed by atoms with Gasteiger partial charge in [0.2, 0.25) is 5.91 Å². The Labute approximate surface area is 139 Å². The second-order valence-electron chi connectivity index (χ2n) is 6.31. The van der Waals surface area contributed by atoms with Gasteiger partial charge in [-0.05, 0) is 49.8 Å². The maximum atomic E-state index is 11.5. The van der Waals surface area contributed by atoms with Crippen LogP contribution in [0.25, 0.3) is 43.1 Å². The van der Waals surface area contributed by atoms with E-state index < -0.39 is 0 Å². The second kappa shape index (κ2) is 4.68. The summed E-state index contributed by atoms with van der Waals surface area (Å²) in [5, 5.41) is 12.8. The number of hydrogen-bond acceptors (Lipinski definition) is 1. The van der Waals surface area contributed by atoms with E-state index >= 15 is 0 Å². The number of hydrogen-bond donors (Lipinski definition) is 1. The number of nitrogens with one attached hydrogen (secondary N) is 1. The third kappa shape index (κ3) is 1.74. The molecule has 0 aliphatic heterocycles. The summed E-state index contributed by atoms with van der Waals surface area (Å²) >= 11 is 0. The Kier molecular flexibility index (Phi) is 2.60. The lowest BCUT2D eigenvalue weighted by Gasteiger charge is -2.15. The van der Waals surface area contributed by atoms with Crippen molar-refractivity contribution in [2.45, 2.75) is 6.92 Å². The lowest BCUT2D eigenvalue weighted by Crippen LogP contribution is -2.06. The van der Waals surface area contributed by atoms with Crippen molar-refractivity contribution in [2.75, 3.05) is 5.32 Å². The van der Waals surface area contributed by atoms with Crippen molar-refractivity contribution in [1.82, 2.24) is 0 Å². The maximum absolute atomic E-state index is 11.5. The Morgan fingerprint density at radius 2 is 1.42 bits per heavy atom. The van der Waals surface area contributed by atoms with Crippen LogP contribution in [-0.2, 0) is 4.79 Å². The van der Waals surface area contributed by atoms with Crippen LogP contribution in [0.4, 0.5) is 5.69 Å². The Bertz CT molecular complexity index is 1250. The molecule has 0 aliphatic rings. The fourth-order valence-electron chi connectivity index (χ4n) is 3.85. The molecule has 0 aromatic heterocycles. The molecule has 2 nitrogen and oxygen atoms in total. The summed E-state index contributed by atoms with van der Waals surface area (Å²) in [5.41, 5.74) is 0.873. The molecule has 0 saturated carbocycles. The molecule has 5 aromatic rings. The molecule has 1 amide bonds. The van der Waals surface area contributed by atoms with Crippen molar-refractivity contribution < 1.29 is 4.79 Å². The summed E-state index contributed by atoms with van der Waals surface area (Å²) in [6, 6.07) is 23.5. The van der Waals surface area contributed by atoms with Crippen molar-refractivity contribution in [1.29, 1.82) is 0 Å². The molecule has 0 unspecified atom stereocenters. The van der Waals surface area contributed by atoms with E-state index in [1.165, 1.54) is 37.7 Å². The highest BCUT2D eigenvalue weighted by Gasteiger charge is 2.13. The number of rotatable bonds is 1. The van der Waals surface area contributed by atoms with E-state index in [1.807, 2.05) is 6.07 Å². The molecule has 2 heteroatoms. The molecule has 0 heterocycles. The molecule has 5 aromatic carbocycles. The van der Waals surface area contributed by atoms with Crippen LogP contribution in [0, 0.1) is 0 Å². The average molecular weight is 309 g/mol. The molecule has 0 saturated heterocycles. The van der Waals surface area contributed by atoms with Gasteiger partial charge < -0.3 is 5.32 Å². The van der Waals surface area contributed by atoms with Crippen molar-refractivity contribution in [3.63, 3.8) is 0 Å². The van der Waals surface area contributed by atoms with Gasteiger partial charge in [-0.25, -0.2) is 0 Å². The molecule has 24 heavy (non-hydrogen) atoms. The minimum atomic E-state index is -0.0458. The predicted molar refractivity (Wildman–Crippen MR) is 102 cm³/mol. The smallest absolute Gasteiger partial charge is 0.221 e. The van der Waals surface area contributed by atoms with Crippen LogP contribution in [0.3, 0.4) is 0 Å². The molecular weight excluding hydrogens is 294 g/mol. The lowest BCUT2D eigenvalue weighted by atomic mass is 9.90. The van der Waals surface area contributed by atoms with Gasteiger partial charge in [0.25, 0.3) is 0 Å². The molecule has 0 aliphatic carbocycles. The first kappa shape index (κ1) is 13.3. The second-order valence-corrected chi connectivity index (χ2v) is 6.31. The van der Waals surface area contributed by atoms with Crippen LogP contribution in [0.2, 0.25) is 0 Å². The van der Waals surface area contributed by atoms with Crippen molar-refractivity contribution in [3.8, 4) is 0 Å². The summed E-state index contributed by atoms with van der Waals surface area (Å²) in [7, 11) is 0. The highest BCUT2D eigenvalue weighted by Crippen LogP contribution is 2.40. The SMILES string of the molecule is CC(=O)Nc1ccc2ccc3cc4ccccc4c4ccc1c2c34. The van der Waals surface area contributed by atoms with Gasteiger partial charge in [0.15, 0.2) is 0 Å². The Morgan fingerprint density at radius 3 is 2.29 bits per heavy atom. The summed E-state index contributed by atoms with van der Waals surface area (Å²) in [5.74, 6) is -0.0458. The van der Waals surface area contributed by atoms with Crippen LogP contribution in [0.5, 0.6) is 0 Å². The number of anilines is 1. The summed E-state index contributed by atoms with van der Waals surface area (Å²) < 4.78 is 0. The summed E-state index contributed by atoms with van der Waals surface area (Å²) in [6.45, 7) is 1.55. The minimum Gasteiger partial charge on any atom is -0.326 e. The van der Waals surface area contributed by atoms with Crippen molar-refractivity contribution in [3.05, 3.63) is 66.7 Å². The van der Waals surface area contributed by atoms with Gasteiger partial charge in [0.1, 0.15) is 0 Å². The molecular formula is C22H15NO. The average Bonchev–Trinajstić information content (AvgIpc) is 2.60. The normalized spacial score (nSPS) is 11.7. The van der Waals surface area contributed by atoms with Crippen LogP contribution < -0.4 is 5.32 Å². The number of carbonyl (C=O) groups excluding carboxylic acids is 1. The van der Waals surface area contributed by atoms with E-state index in [0.717, 1.165) is 11.1 Å². The first-order chi connectivity index (χ1) is 11.7. The van der Waals surface area contributed by atoms with E-state index in [0.29, 0.717) is 0 Å². The van der Waals surface area contributed by atoms with Gasteiger partial charge in [-0.2, -0.15) is 0 Å². The highest BCUT2D eigenvalue weighted by atomic mass is 16.1. The molecule has 1 N–H and O–H groups in total. The first-order valence-corrected chi connectivity index (χ1v) is 8.09. The third-order valence-electron chi connectivity index (χ3n) is 4.82. The summed E-state index contributed by atoms with van der Waals surface area (Å²) in [4.78, 5) is 11.5. The lowest BCUT2D eigenvalue weighted by molar-refractivity contribution is -0.114. The van der Waals surface area contributed by atoms with Crippen molar-refractivity contribution >= 4 is 54.7 Å². The van der Waals surface area contributed by atoms with E-state index in [2.05, 4.69) is 66.0 Å². The fraction of sp³-hybridized carbons (Fsp3) is 0.0455. The topological polar surface area (TPSA) is 29.1 Å². The monoisotopic (exact) mass is 309 g/mol. The molecule has 5 rings (SSSR count). The number of amides is 1. The van der Waals surface area contributed by atoms with Gasteiger partial charge in [-0.1, -0.05) is 54.6 Å². The van der Waals surface area contributed by atoms with Gasteiger partial charge in [-0.15, -0.1) is 0 Å². The molecule has 0 radical (unpaired) electrons. The zero-order chi connectivity index (χ0) is 16.3. The molecule has 0 bridgehead atoms. The fourth-order valence-corrected chi connectivity index (χ4v) is 3.85. The largest absolute Gasteiger partial charge is 0.326 e. The van der Waals surface area contributed by atoms with Gasteiger partial charge in [0, 0.05) is 18.0 Å². The molecule has 0 spiro atoms. The number of carbonyl (C=O) groups is 1. The van der Waals surface area contributed by atoms with E-state index in [1.54, 1.807) is 6.92 Å². The van der Waals surface area contributed by atoms with Gasteiger partial charge in [0.05, 0.1) is 0 Å². The predicted octanol–water partition coefficient (Wildman–Crippen LogP) is 5.70. The van der Waals surface area contributed by atoms with Crippen LogP contribution in [0.15, 0.2) is 66.7 Å². The van der Waals surface area contributed by atoms with Gasteiger partial charge >= 0.3 is 0 Å². The van der Waals surface area contributed by atoms with E-state index in [-0.39, 0.29) is 5.91 Å². The van der Waals surface area contributed by atoms with Crippen LogP contribution in [-0.4, -0.2) is 5.91 Å². The zero-order valence-electron chi connectivity index (χ0n) is 13.3. The van der Waals surface area contributed by atoms with Crippen LogP contribution in [0.1, 0.15) is 6.92 Å². The Balaban J connectivity index is 2.04. The molecule has 114 valence electrons. The maximum Gasteiger partial charge on any atom is 0.221 e. The van der Waals surface area contributed by atoms with Crippen molar-refractivity contribution in [2.24, 2.45) is 0 Å². The number of fused-ring (bicyclic) bond motifs is 2. The zero-order valence-corrected chi connectivity index (χ0v) is 13.3. The number of benzene rings is 5. The first-order valence-electron chi connectivity index (χ1n) is 8.09. The Morgan fingerprint density at radius 1 is 0.708 bits per heavy atom. The van der Waals surface area contributed by atoms with E-state index in [9.17, 15) is 4.79 Å². The quantitative estimate of drug-likeness (QED) is 0.312. The standard InChI is InChI=1S/C22H15NO/c1-13(24)23-20-11-8-14-6-7-16-12-15-4-2-3-5-17(15)18-9-10-19(20)21(14)22(16)18/h2-12H,1H3,(H,23,24). The minimum absolute atomic E-state index is 0.0458. The third-order valence-corrected chi connectivity index (χ3v) is 4.82. The summed E-state index contributed by atoms with van der Waals surface area (Å²) in [6.07, 6.45) is 0. The Hall–Kier alpha value is -3.13. The molecule has 0 atom stereocenters. The molecule has 0 fully saturated rings. The van der Waals surface area contributed by atoms with E-state index in [4.69, 9.17) is 0 Å². The highest BCUT2D eigenvalue weighted by molar-refractivity contribution is 6.30. The van der Waals surface area contributed by atoms with Crippen LogP contribution >= 0.6 is 0 Å². The van der Waals surface area contributed by atoms with Gasteiger partial charge in [-0.3, -0.25) is 4.79 Å².